The summed E-state index contributed by atoms with van der Waals surface area (Å²) in [5.41, 5.74) is -0.0663. The van der Waals surface area contributed by atoms with Crippen LogP contribution in [-0.2, 0) is 11.3 Å². The summed E-state index contributed by atoms with van der Waals surface area (Å²) in [5, 5.41) is 2.42. The van der Waals surface area contributed by atoms with Gasteiger partial charge in [-0.3, -0.25) is 4.79 Å². The molecule has 0 aromatic heterocycles. The van der Waals surface area contributed by atoms with Crippen LogP contribution in [0.2, 0.25) is 0 Å². The van der Waals surface area contributed by atoms with E-state index in [4.69, 9.17) is 0 Å². The molecule has 1 aromatic carbocycles. The van der Waals surface area contributed by atoms with Crippen molar-refractivity contribution in [2.75, 3.05) is 0 Å². The van der Waals surface area contributed by atoms with Crippen molar-refractivity contribution in [3.8, 4) is 0 Å². The Morgan fingerprint density at radius 1 is 1.25 bits per heavy atom. The van der Waals surface area contributed by atoms with E-state index in [-0.39, 0.29) is 18.0 Å². The largest absolute Gasteiger partial charge is 0.352 e. The molecule has 0 saturated heterocycles. The summed E-state index contributed by atoms with van der Waals surface area (Å²) in [7, 11) is 0. The summed E-state index contributed by atoms with van der Waals surface area (Å²) in [6.07, 6.45) is 0.997. The van der Waals surface area contributed by atoms with Crippen LogP contribution in [0, 0.1) is 17.5 Å². The monoisotopic (exact) mass is 231 g/mol. The van der Waals surface area contributed by atoms with Crippen molar-refractivity contribution in [1.29, 1.82) is 0 Å². The van der Waals surface area contributed by atoms with Crippen LogP contribution in [0.5, 0.6) is 0 Å². The smallest absolute Gasteiger partial charge is 0.220 e. The zero-order valence-corrected chi connectivity index (χ0v) is 8.82. The highest BCUT2D eigenvalue weighted by Gasteiger charge is 2.13. The fraction of sp³-hybridized carbons (Fsp3) is 0.364. The van der Waals surface area contributed by atoms with E-state index in [0.717, 1.165) is 12.1 Å². The lowest BCUT2D eigenvalue weighted by molar-refractivity contribution is -0.121. The van der Waals surface area contributed by atoms with Crippen molar-refractivity contribution in [1.82, 2.24) is 5.32 Å². The summed E-state index contributed by atoms with van der Waals surface area (Å²) in [4.78, 5) is 11.1. The first-order chi connectivity index (χ1) is 7.56. The number of nitrogens with one attached hydrogen (secondary N) is 1. The zero-order valence-electron chi connectivity index (χ0n) is 8.82. The normalized spacial score (nSPS) is 10.2. The standard InChI is InChI=1S/C11H12F3NO/c1-2-3-9(16)15-6-7-4-5-8(12)11(14)10(7)13/h4-5H,2-3,6H2,1H3,(H,15,16). The molecule has 0 aliphatic carbocycles. The van der Waals surface area contributed by atoms with E-state index in [1.165, 1.54) is 0 Å². The van der Waals surface area contributed by atoms with E-state index in [0.29, 0.717) is 12.8 Å². The molecular weight excluding hydrogens is 219 g/mol. The van der Waals surface area contributed by atoms with Crippen molar-refractivity contribution in [2.45, 2.75) is 26.3 Å². The second-order valence-electron chi connectivity index (χ2n) is 3.36. The summed E-state index contributed by atoms with van der Waals surface area (Å²) >= 11 is 0. The number of halogens is 3. The van der Waals surface area contributed by atoms with Crippen LogP contribution >= 0.6 is 0 Å². The molecule has 1 rings (SSSR count). The van der Waals surface area contributed by atoms with Gasteiger partial charge < -0.3 is 5.32 Å². The van der Waals surface area contributed by atoms with Crippen molar-refractivity contribution in [2.24, 2.45) is 0 Å². The van der Waals surface area contributed by atoms with Crippen molar-refractivity contribution in [3.05, 3.63) is 35.1 Å². The van der Waals surface area contributed by atoms with Crippen molar-refractivity contribution < 1.29 is 18.0 Å². The summed E-state index contributed by atoms with van der Waals surface area (Å²) in [6.45, 7) is 1.69. The lowest BCUT2D eigenvalue weighted by atomic mass is 10.2. The maximum Gasteiger partial charge on any atom is 0.220 e. The minimum atomic E-state index is -1.51. The molecule has 88 valence electrons. The molecule has 0 spiro atoms. The number of hydrogen-bond acceptors (Lipinski definition) is 1. The Kier molecular flexibility index (Phi) is 4.34. The third kappa shape index (κ3) is 2.98. The van der Waals surface area contributed by atoms with Gasteiger partial charge in [-0.15, -0.1) is 0 Å². The molecule has 1 aromatic rings. The predicted octanol–water partition coefficient (Wildman–Crippen LogP) is 2.52. The van der Waals surface area contributed by atoms with Gasteiger partial charge in [-0.2, -0.15) is 0 Å². The maximum atomic E-state index is 13.1. The molecule has 0 saturated carbocycles. The Bertz CT molecular complexity index is 393. The lowest BCUT2D eigenvalue weighted by Crippen LogP contribution is -2.23. The van der Waals surface area contributed by atoms with Gasteiger partial charge in [0.2, 0.25) is 5.91 Å². The van der Waals surface area contributed by atoms with Crippen LogP contribution in [0.4, 0.5) is 13.2 Å². The van der Waals surface area contributed by atoms with Crippen LogP contribution in [0.25, 0.3) is 0 Å². The number of hydrogen-bond donors (Lipinski definition) is 1. The summed E-state index contributed by atoms with van der Waals surface area (Å²) in [5.74, 6) is -4.24. The molecule has 5 heteroatoms. The molecular formula is C11H12F3NO. The minimum Gasteiger partial charge on any atom is -0.352 e. The number of carbonyl (C=O) groups excluding carboxylic acids is 1. The van der Waals surface area contributed by atoms with Gasteiger partial charge in [0.15, 0.2) is 17.5 Å². The van der Waals surface area contributed by atoms with Crippen LogP contribution in [0.15, 0.2) is 12.1 Å². The minimum absolute atomic E-state index is 0.0663. The van der Waals surface area contributed by atoms with E-state index in [2.05, 4.69) is 5.32 Å². The lowest BCUT2D eigenvalue weighted by Gasteiger charge is -2.06. The van der Waals surface area contributed by atoms with Crippen LogP contribution < -0.4 is 5.32 Å². The average Bonchev–Trinajstić information content (AvgIpc) is 2.25. The van der Waals surface area contributed by atoms with Gasteiger partial charge >= 0.3 is 0 Å². The third-order valence-electron chi connectivity index (χ3n) is 2.07. The molecule has 0 heterocycles. The highest BCUT2D eigenvalue weighted by molar-refractivity contribution is 5.75. The summed E-state index contributed by atoms with van der Waals surface area (Å²) < 4.78 is 38.5. The highest BCUT2D eigenvalue weighted by Crippen LogP contribution is 2.14. The number of benzene rings is 1. The van der Waals surface area contributed by atoms with Gasteiger partial charge in [-0.1, -0.05) is 13.0 Å². The van der Waals surface area contributed by atoms with Gasteiger partial charge in [0, 0.05) is 18.5 Å². The fourth-order valence-electron chi connectivity index (χ4n) is 1.21. The van der Waals surface area contributed by atoms with Gasteiger partial charge in [-0.25, -0.2) is 13.2 Å². The molecule has 0 fully saturated rings. The topological polar surface area (TPSA) is 29.1 Å². The Morgan fingerprint density at radius 2 is 1.94 bits per heavy atom. The molecule has 0 atom stereocenters. The molecule has 0 aliphatic heterocycles. The van der Waals surface area contributed by atoms with Crippen LogP contribution in [0.1, 0.15) is 25.3 Å². The number of amides is 1. The van der Waals surface area contributed by atoms with Crippen molar-refractivity contribution >= 4 is 5.91 Å². The van der Waals surface area contributed by atoms with Gasteiger partial charge in [0.05, 0.1) is 0 Å². The van der Waals surface area contributed by atoms with Gasteiger partial charge in [-0.05, 0) is 12.5 Å². The molecule has 0 unspecified atom stereocenters. The third-order valence-corrected chi connectivity index (χ3v) is 2.07. The molecule has 1 amide bonds. The van der Waals surface area contributed by atoms with E-state index >= 15 is 0 Å². The maximum absolute atomic E-state index is 13.1. The Hall–Kier alpha value is -1.52. The first kappa shape index (κ1) is 12.5. The molecule has 0 bridgehead atoms. The summed E-state index contributed by atoms with van der Waals surface area (Å²) in [6, 6.07) is 1.94. The number of carbonyl (C=O) groups is 1. The van der Waals surface area contributed by atoms with E-state index in [1.807, 2.05) is 6.92 Å². The first-order valence-corrected chi connectivity index (χ1v) is 4.95. The molecule has 1 N–H and O–H groups in total. The fourth-order valence-corrected chi connectivity index (χ4v) is 1.21. The van der Waals surface area contributed by atoms with Crippen LogP contribution in [0.3, 0.4) is 0 Å². The molecule has 2 nitrogen and oxygen atoms in total. The van der Waals surface area contributed by atoms with E-state index in [1.54, 1.807) is 0 Å². The Labute approximate surface area is 91.5 Å². The quantitative estimate of drug-likeness (QED) is 0.792. The molecule has 0 aliphatic rings. The second-order valence-corrected chi connectivity index (χ2v) is 3.36. The number of rotatable bonds is 4. The zero-order chi connectivity index (χ0) is 12.1. The second kappa shape index (κ2) is 5.53. The predicted molar refractivity (Wildman–Crippen MR) is 53.1 cm³/mol. The van der Waals surface area contributed by atoms with E-state index < -0.39 is 17.5 Å². The molecule has 0 radical (unpaired) electrons. The van der Waals surface area contributed by atoms with E-state index in [9.17, 15) is 18.0 Å². The van der Waals surface area contributed by atoms with Gasteiger partial charge in [0.1, 0.15) is 0 Å². The SMILES string of the molecule is CCCC(=O)NCc1ccc(F)c(F)c1F. The highest BCUT2D eigenvalue weighted by atomic mass is 19.2. The molecule has 16 heavy (non-hydrogen) atoms. The Morgan fingerprint density at radius 3 is 2.56 bits per heavy atom. The Balaban J connectivity index is 2.68. The van der Waals surface area contributed by atoms with Crippen LogP contribution in [-0.4, -0.2) is 5.91 Å². The van der Waals surface area contributed by atoms with Crippen molar-refractivity contribution in [3.63, 3.8) is 0 Å². The van der Waals surface area contributed by atoms with Gasteiger partial charge in [0.25, 0.3) is 0 Å². The first-order valence-electron chi connectivity index (χ1n) is 4.95. The average molecular weight is 231 g/mol.